The van der Waals surface area contributed by atoms with Crippen LogP contribution in [0, 0.1) is 20.8 Å². The van der Waals surface area contributed by atoms with Gasteiger partial charge in [0.1, 0.15) is 0 Å². The largest absolute Gasteiger partial charge is 1.00 e. The fourth-order valence-electron chi connectivity index (χ4n) is 2.90. The summed E-state index contributed by atoms with van der Waals surface area (Å²) in [6.45, 7) is 8.28. The number of benzene rings is 2. The second-order valence-corrected chi connectivity index (χ2v) is 6.21. The lowest BCUT2D eigenvalue weighted by molar-refractivity contribution is -0.0000233. The van der Waals surface area contributed by atoms with E-state index >= 15 is 0 Å². The summed E-state index contributed by atoms with van der Waals surface area (Å²) in [4.78, 5) is 16.6. The fourth-order valence-corrected chi connectivity index (χ4v) is 2.90. The highest BCUT2D eigenvalue weighted by molar-refractivity contribution is 5.99. The van der Waals surface area contributed by atoms with Gasteiger partial charge in [-0.3, -0.25) is 4.98 Å². The molecule has 0 saturated heterocycles. The quantitative estimate of drug-likeness (QED) is 0.715. The van der Waals surface area contributed by atoms with E-state index in [1.165, 1.54) is 11.1 Å². The number of aromatic nitrogens is 1. The lowest BCUT2D eigenvalue weighted by atomic mass is 10.1. The molecule has 1 N–H and O–H groups in total. The van der Waals surface area contributed by atoms with Crippen molar-refractivity contribution in [3.05, 3.63) is 64.8 Å². The maximum atomic E-state index is 12.1. The molecule has 0 radical (unpaired) electrons. The Morgan fingerprint density at radius 3 is 2.50 bits per heavy atom. The smallest absolute Gasteiger partial charge is 0.338 e. The molecule has 0 amide bonds. The molecule has 0 spiro atoms. The van der Waals surface area contributed by atoms with Gasteiger partial charge in [-0.05, 0) is 63.6 Å². The van der Waals surface area contributed by atoms with Crippen molar-refractivity contribution < 1.29 is 21.9 Å². The zero-order chi connectivity index (χ0) is 18.0. The van der Waals surface area contributed by atoms with Gasteiger partial charge in [-0.1, -0.05) is 17.7 Å². The number of esters is 1. The van der Waals surface area contributed by atoms with Crippen LogP contribution in [0.3, 0.4) is 0 Å². The molecule has 136 valence electrons. The monoisotopic (exact) mass is 369 g/mol. The summed E-state index contributed by atoms with van der Waals surface area (Å²) in [5.74, 6) is -0.317. The van der Waals surface area contributed by atoms with Gasteiger partial charge in [0.05, 0.1) is 17.7 Å². The average Bonchev–Trinajstić information content (AvgIpc) is 2.57. The summed E-state index contributed by atoms with van der Waals surface area (Å²) in [5, 5.41) is 4.39. The molecule has 4 nitrogen and oxygen atoms in total. The van der Waals surface area contributed by atoms with Crippen molar-refractivity contribution in [2.45, 2.75) is 27.7 Å². The van der Waals surface area contributed by atoms with Crippen LogP contribution in [-0.2, 0) is 4.74 Å². The molecule has 3 aromatic rings. The molecule has 0 aliphatic heterocycles. The highest BCUT2D eigenvalue weighted by Crippen LogP contribution is 2.29. The van der Waals surface area contributed by atoms with Gasteiger partial charge in [-0.15, -0.1) is 0 Å². The Balaban J connectivity index is 0.00000243. The van der Waals surface area contributed by atoms with Gasteiger partial charge in [0.15, 0.2) is 0 Å². The Labute approximate surface area is 160 Å². The van der Waals surface area contributed by atoms with E-state index in [-0.39, 0.29) is 18.4 Å². The maximum Gasteiger partial charge on any atom is 0.338 e. The van der Waals surface area contributed by atoms with Gasteiger partial charge >= 0.3 is 5.97 Å². The van der Waals surface area contributed by atoms with Gasteiger partial charge in [0.2, 0.25) is 0 Å². The van der Waals surface area contributed by atoms with Crippen LogP contribution in [0.5, 0.6) is 0 Å². The van der Waals surface area contributed by atoms with Crippen LogP contribution < -0.4 is 17.7 Å². The first-order valence-corrected chi connectivity index (χ1v) is 8.40. The van der Waals surface area contributed by atoms with E-state index in [1.54, 1.807) is 13.0 Å². The Morgan fingerprint density at radius 1 is 1.04 bits per heavy atom. The van der Waals surface area contributed by atoms with Crippen LogP contribution in [0.1, 0.15) is 34.1 Å². The second kappa shape index (κ2) is 8.19. The first kappa shape index (κ1) is 19.7. The number of fused-ring (bicyclic) bond motifs is 1. The number of nitrogens with zero attached hydrogens (tertiary/aromatic N) is 1. The third-order valence-electron chi connectivity index (χ3n) is 4.10. The van der Waals surface area contributed by atoms with E-state index in [9.17, 15) is 4.79 Å². The maximum absolute atomic E-state index is 12.1. The van der Waals surface area contributed by atoms with Gasteiger partial charge in [-0.25, -0.2) is 4.79 Å². The van der Waals surface area contributed by atoms with E-state index < -0.39 is 0 Å². The van der Waals surface area contributed by atoms with E-state index in [0.29, 0.717) is 12.2 Å². The summed E-state index contributed by atoms with van der Waals surface area (Å²) < 4.78 is 5.11. The summed E-state index contributed by atoms with van der Waals surface area (Å²) in [5.41, 5.74) is 6.67. The number of carbonyl (C=O) groups is 1. The molecule has 2 aromatic carbocycles. The summed E-state index contributed by atoms with van der Waals surface area (Å²) in [6.07, 6.45) is 0. The third-order valence-corrected chi connectivity index (χ3v) is 4.10. The Morgan fingerprint density at radius 2 is 1.81 bits per heavy atom. The van der Waals surface area contributed by atoms with Crippen LogP contribution >= 0.6 is 0 Å². The molecular weight excluding hydrogens is 348 g/mol. The van der Waals surface area contributed by atoms with Gasteiger partial charge < -0.3 is 22.5 Å². The standard InChI is InChI=1S/C21H22N2O2.ClH/c1-5-25-21(24)16-7-9-19-17(12-16)20(11-15(4)22-19)23-18-8-6-13(2)10-14(18)3;/h6-12H,5H2,1-4H3,(H,22,23);1H/p-1. The molecule has 26 heavy (non-hydrogen) atoms. The summed E-state index contributed by atoms with van der Waals surface area (Å²) in [6, 6.07) is 13.7. The van der Waals surface area contributed by atoms with Gasteiger partial charge in [0, 0.05) is 22.5 Å². The van der Waals surface area contributed by atoms with Crippen LogP contribution in [0.25, 0.3) is 10.9 Å². The van der Waals surface area contributed by atoms with E-state index in [4.69, 9.17) is 4.74 Å². The molecule has 1 aromatic heterocycles. The lowest BCUT2D eigenvalue weighted by Gasteiger charge is -2.14. The molecule has 0 atom stereocenters. The normalized spacial score (nSPS) is 10.3. The van der Waals surface area contributed by atoms with Crippen molar-refractivity contribution >= 4 is 28.2 Å². The molecule has 0 fully saturated rings. The molecule has 0 aliphatic carbocycles. The highest BCUT2D eigenvalue weighted by Gasteiger charge is 2.11. The molecule has 0 saturated carbocycles. The fraction of sp³-hybridized carbons (Fsp3) is 0.238. The van der Waals surface area contributed by atoms with Crippen molar-refractivity contribution in [3.8, 4) is 0 Å². The van der Waals surface area contributed by atoms with Crippen LogP contribution in [0.4, 0.5) is 11.4 Å². The predicted molar refractivity (Wildman–Crippen MR) is 102 cm³/mol. The highest BCUT2D eigenvalue weighted by atomic mass is 35.5. The Bertz CT molecular complexity index is 954. The second-order valence-electron chi connectivity index (χ2n) is 6.21. The zero-order valence-corrected chi connectivity index (χ0v) is 16.1. The molecule has 1 heterocycles. The predicted octanol–water partition coefficient (Wildman–Crippen LogP) is 2.08. The third kappa shape index (κ3) is 4.14. The minimum atomic E-state index is -0.317. The number of rotatable bonds is 4. The number of carbonyl (C=O) groups excluding carboxylic acids is 1. The summed E-state index contributed by atoms with van der Waals surface area (Å²) in [7, 11) is 0. The number of nitrogens with one attached hydrogen (secondary N) is 1. The topological polar surface area (TPSA) is 51.2 Å². The molecule has 3 rings (SSSR count). The number of hydrogen-bond donors (Lipinski definition) is 1. The van der Waals surface area contributed by atoms with Crippen molar-refractivity contribution in [3.63, 3.8) is 0 Å². The minimum absolute atomic E-state index is 0. The molecule has 0 unspecified atom stereocenters. The van der Waals surface area contributed by atoms with Crippen LogP contribution in [-0.4, -0.2) is 17.6 Å². The minimum Gasteiger partial charge on any atom is -1.00 e. The first-order valence-electron chi connectivity index (χ1n) is 8.40. The van der Waals surface area contributed by atoms with E-state index in [0.717, 1.165) is 28.0 Å². The van der Waals surface area contributed by atoms with E-state index in [1.807, 2.05) is 25.1 Å². The van der Waals surface area contributed by atoms with E-state index in [2.05, 4.69) is 42.3 Å². The first-order chi connectivity index (χ1) is 12.0. The number of halogens is 1. The lowest BCUT2D eigenvalue weighted by Crippen LogP contribution is -3.00. The number of aryl methyl sites for hydroxylation is 3. The van der Waals surface area contributed by atoms with Crippen LogP contribution in [0.15, 0.2) is 42.5 Å². The molecule has 5 heteroatoms. The van der Waals surface area contributed by atoms with Crippen LogP contribution in [0.2, 0.25) is 0 Å². The Hall–Kier alpha value is -2.59. The van der Waals surface area contributed by atoms with Gasteiger partial charge in [0.25, 0.3) is 0 Å². The molecule has 0 bridgehead atoms. The molecular formula is C21H22ClN2O2-. The van der Waals surface area contributed by atoms with Crippen molar-refractivity contribution in [1.82, 2.24) is 4.98 Å². The average molecular weight is 370 g/mol. The van der Waals surface area contributed by atoms with Crippen molar-refractivity contribution in [2.75, 3.05) is 11.9 Å². The van der Waals surface area contributed by atoms with Crippen molar-refractivity contribution in [2.24, 2.45) is 0 Å². The number of ether oxygens (including phenoxy) is 1. The number of hydrogen-bond acceptors (Lipinski definition) is 4. The van der Waals surface area contributed by atoms with Gasteiger partial charge in [-0.2, -0.15) is 0 Å². The SMILES string of the molecule is CCOC(=O)c1ccc2nc(C)cc(Nc3ccc(C)cc3C)c2c1.[Cl-]. The summed E-state index contributed by atoms with van der Waals surface area (Å²) >= 11 is 0. The number of pyridine rings is 1. The Kier molecular flexibility index (Phi) is 6.22. The van der Waals surface area contributed by atoms with Crippen molar-refractivity contribution in [1.29, 1.82) is 0 Å². The zero-order valence-electron chi connectivity index (χ0n) is 15.4. The number of anilines is 2. The molecule has 0 aliphatic rings.